The van der Waals surface area contributed by atoms with E-state index in [2.05, 4.69) is 46.9 Å². The fourth-order valence-corrected chi connectivity index (χ4v) is 1.82. The smallest absolute Gasteiger partial charge is 0.121 e. The highest BCUT2D eigenvalue weighted by Gasteiger charge is 1.99. The lowest BCUT2D eigenvalue weighted by molar-refractivity contribution is 0.306. The van der Waals surface area contributed by atoms with E-state index in [0.717, 1.165) is 22.6 Å². The second-order valence-electron chi connectivity index (χ2n) is 3.93. The normalized spacial score (nSPS) is 10.2. The van der Waals surface area contributed by atoms with E-state index in [4.69, 9.17) is 10.5 Å². The van der Waals surface area contributed by atoms with Crippen LogP contribution in [0.4, 0.5) is 5.69 Å². The molecule has 0 aliphatic heterocycles. The molecule has 0 saturated carbocycles. The molecular weight excluding hydrogens is 325 g/mol. The van der Waals surface area contributed by atoms with Crippen molar-refractivity contribution < 1.29 is 4.74 Å². The maximum absolute atomic E-state index is 5.83. The van der Waals surface area contributed by atoms with Gasteiger partial charge in [0.2, 0.25) is 0 Å². The molecule has 2 N–H and O–H groups in total. The molecule has 0 amide bonds. The minimum atomic E-state index is 0.569. The molecule has 2 nitrogen and oxygen atoms in total. The predicted octanol–water partition coefficient (Wildman–Crippen LogP) is 3.76. The van der Waals surface area contributed by atoms with E-state index in [9.17, 15) is 0 Å². The average molecular weight is 339 g/mol. The summed E-state index contributed by atoms with van der Waals surface area (Å²) in [6.07, 6.45) is 0. The summed E-state index contributed by atoms with van der Waals surface area (Å²) in [6, 6.07) is 14.1. The Labute approximate surface area is 115 Å². The van der Waals surface area contributed by atoms with Crippen molar-refractivity contribution in [2.24, 2.45) is 0 Å². The number of hydrogen-bond acceptors (Lipinski definition) is 2. The number of nitrogens with two attached hydrogens (primary N) is 1. The Morgan fingerprint density at radius 3 is 2.47 bits per heavy atom. The Hall–Kier alpha value is -1.23. The maximum Gasteiger partial charge on any atom is 0.121 e. The van der Waals surface area contributed by atoms with Crippen LogP contribution in [-0.4, -0.2) is 0 Å². The van der Waals surface area contributed by atoms with Gasteiger partial charge in [0, 0.05) is 15.3 Å². The first-order valence-corrected chi connectivity index (χ1v) is 6.46. The van der Waals surface area contributed by atoms with E-state index in [-0.39, 0.29) is 0 Å². The third-order valence-corrected chi connectivity index (χ3v) is 3.29. The third-order valence-electron chi connectivity index (χ3n) is 2.57. The van der Waals surface area contributed by atoms with E-state index in [1.807, 2.05) is 25.1 Å². The van der Waals surface area contributed by atoms with E-state index >= 15 is 0 Å². The summed E-state index contributed by atoms with van der Waals surface area (Å²) >= 11 is 2.29. The first-order valence-electron chi connectivity index (χ1n) is 5.38. The summed E-state index contributed by atoms with van der Waals surface area (Å²) in [7, 11) is 0. The van der Waals surface area contributed by atoms with Gasteiger partial charge in [-0.05, 0) is 58.8 Å². The van der Waals surface area contributed by atoms with Crippen LogP contribution in [0, 0.1) is 10.5 Å². The third kappa shape index (κ3) is 3.36. The van der Waals surface area contributed by atoms with Crippen LogP contribution in [0.15, 0.2) is 42.5 Å². The van der Waals surface area contributed by atoms with Gasteiger partial charge in [0.15, 0.2) is 0 Å². The van der Waals surface area contributed by atoms with Gasteiger partial charge in [-0.25, -0.2) is 0 Å². The number of nitrogen functional groups attached to an aromatic ring is 1. The van der Waals surface area contributed by atoms with Crippen LogP contribution in [0.3, 0.4) is 0 Å². The molecule has 17 heavy (non-hydrogen) atoms. The Kier molecular flexibility index (Phi) is 3.89. The lowest BCUT2D eigenvalue weighted by atomic mass is 10.2. The first kappa shape index (κ1) is 12.2. The average Bonchev–Trinajstić information content (AvgIpc) is 2.33. The van der Waals surface area contributed by atoms with Gasteiger partial charge < -0.3 is 10.5 Å². The van der Waals surface area contributed by atoms with Crippen molar-refractivity contribution in [3.05, 3.63) is 57.2 Å². The summed E-state index contributed by atoms with van der Waals surface area (Å²) in [6.45, 7) is 2.55. The van der Waals surface area contributed by atoms with Crippen LogP contribution in [0.1, 0.15) is 11.1 Å². The van der Waals surface area contributed by atoms with Crippen LogP contribution in [-0.2, 0) is 6.61 Å². The fraction of sp³-hybridized carbons (Fsp3) is 0.143. The summed E-state index contributed by atoms with van der Waals surface area (Å²) in [5.41, 5.74) is 8.83. The molecule has 0 spiro atoms. The summed E-state index contributed by atoms with van der Waals surface area (Å²) in [4.78, 5) is 0. The van der Waals surface area contributed by atoms with Crippen LogP contribution in [0.2, 0.25) is 0 Å². The molecule has 0 fully saturated rings. The molecule has 0 unspecified atom stereocenters. The van der Waals surface area contributed by atoms with E-state index in [1.54, 1.807) is 0 Å². The summed E-state index contributed by atoms with van der Waals surface area (Å²) in [5.74, 6) is 0.812. The molecule has 0 heterocycles. The van der Waals surface area contributed by atoms with E-state index in [0.29, 0.717) is 6.61 Å². The second kappa shape index (κ2) is 5.40. The molecular formula is C14H14INO. The van der Waals surface area contributed by atoms with Crippen molar-refractivity contribution in [3.8, 4) is 5.75 Å². The highest BCUT2D eigenvalue weighted by atomic mass is 127. The number of ether oxygens (including phenoxy) is 1. The van der Waals surface area contributed by atoms with Crippen molar-refractivity contribution in [1.82, 2.24) is 0 Å². The maximum atomic E-state index is 5.83. The van der Waals surface area contributed by atoms with Crippen LogP contribution in [0.25, 0.3) is 0 Å². The van der Waals surface area contributed by atoms with Gasteiger partial charge in [-0.3, -0.25) is 0 Å². The van der Waals surface area contributed by atoms with Crippen molar-refractivity contribution in [2.75, 3.05) is 5.73 Å². The number of benzene rings is 2. The van der Waals surface area contributed by atoms with Gasteiger partial charge in [-0.15, -0.1) is 0 Å². The second-order valence-corrected chi connectivity index (χ2v) is 5.18. The number of rotatable bonds is 3. The topological polar surface area (TPSA) is 35.2 Å². The molecule has 2 aromatic carbocycles. The minimum absolute atomic E-state index is 0.569. The Morgan fingerprint density at radius 1 is 1.12 bits per heavy atom. The molecule has 0 aromatic heterocycles. The van der Waals surface area contributed by atoms with Gasteiger partial charge in [0.1, 0.15) is 12.4 Å². The molecule has 0 saturated heterocycles. The van der Waals surface area contributed by atoms with Gasteiger partial charge in [0.25, 0.3) is 0 Å². The molecule has 2 rings (SSSR count). The largest absolute Gasteiger partial charge is 0.489 e. The molecule has 2 aromatic rings. The number of halogens is 1. The van der Waals surface area contributed by atoms with Crippen LogP contribution >= 0.6 is 22.6 Å². The zero-order chi connectivity index (χ0) is 12.3. The highest BCUT2D eigenvalue weighted by Crippen LogP contribution is 2.20. The molecule has 0 aliphatic rings. The molecule has 0 aliphatic carbocycles. The van der Waals surface area contributed by atoms with Gasteiger partial charge in [-0.1, -0.05) is 18.2 Å². The standard InChI is InChI=1S/C14H14INO/c1-10-2-7-13(8-14(10)16)17-9-11-3-5-12(15)6-4-11/h2-8H,9,16H2,1H3. The van der Waals surface area contributed by atoms with E-state index in [1.165, 1.54) is 3.57 Å². The zero-order valence-corrected chi connectivity index (χ0v) is 11.8. The highest BCUT2D eigenvalue weighted by molar-refractivity contribution is 14.1. The van der Waals surface area contributed by atoms with Crippen molar-refractivity contribution in [3.63, 3.8) is 0 Å². The quantitative estimate of drug-likeness (QED) is 0.683. The van der Waals surface area contributed by atoms with Crippen molar-refractivity contribution in [2.45, 2.75) is 13.5 Å². The van der Waals surface area contributed by atoms with Gasteiger partial charge in [0.05, 0.1) is 0 Å². The van der Waals surface area contributed by atoms with Gasteiger partial charge in [-0.2, -0.15) is 0 Å². The Balaban J connectivity index is 2.02. The predicted molar refractivity (Wildman–Crippen MR) is 79.1 cm³/mol. The lowest BCUT2D eigenvalue weighted by Crippen LogP contribution is -1.97. The number of anilines is 1. The fourth-order valence-electron chi connectivity index (χ4n) is 1.46. The number of hydrogen-bond donors (Lipinski definition) is 1. The Bertz CT molecular complexity index is 508. The molecule has 3 heteroatoms. The van der Waals surface area contributed by atoms with Crippen molar-refractivity contribution in [1.29, 1.82) is 0 Å². The molecule has 0 atom stereocenters. The monoisotopic (exact) mass is 339 g/mol. The minimum Gasteiger partial charge on any atom is -0.489 e. The summed E-state index contributed by atoms with van der Waals surface area (Å²) < 4.78 is 6.91. The van der Waals surface area contributed by atoms with Crippen molar-refractivity contribution >= 4 is 28.3 Å². The Morgan fingerprint density at radius 2 is 1.82 bits per heavy atom. The summed E-state index contributed by atoms with van der Waals surface area (Å²) in [5, 5.41) is 0. The molecule has 0 radical (unpaired) electrons. The molecule has 0 bridgehead atoms. The zero-order valence-electron chi connectivity index (χ0n) is 9.61. The van der Waals surface area contributed by atoms with Gasteiger partial charge >= 0.3 is 0 Å². The van der Waals surface area contributed by atoms with Crippen LogP contribution in [0.5, 0.6) is 5.75 Å². The SMILES string of the molecule is Cc1ccc(OCc2ccc(I)cc2)cc1N. The molecule has 88 valence electrons. The van der Waals surface area contributed by atoms with Crippen LogP contribution < -0.4 is 10.5 Å². The lowest BCUT2D eigenvalue weighted by Gasteiger charge is -2.08. The van der Waals surface area contributed by atoms with E-state index < -0.39 is 0 Å². The first-order chi connectivity index (χ1) is 8.15. The number of aryl methyl sites for hydroxylation is 1.